The molecule has 0 aliphatic carbocycles. The molecule has 1 fully saturated rings. The molecule has 0 unspecified atom stereocenters. The highest BCUT2D eigenvalue weighted by atomic mass is 32.2. The molecule has 2 aromatic carbocycles. The Morgan fingerprint density at radius 2 is 1.70 bits per heavy atom. The predicted octanol–water partition coefficient (Wildman–Crippen LogP) is 5.61. The minimum Gasteiger partial charge on any atom is -0.410 e. The molecule has 27 heavy (non-hydrogen) atoms. The maximum Gasteiger partial charge on any atom is 0.437 e. The Balaban J connectivity index is 1.78. The van der Waals surface area contributed by atoms with Gasteiger partial charge in [0.15, 0.2) is 5.71 Å². The van der Waals surface area contributed by atoms with Crippen molar-refractivity contribution in [2.75, 3.05) is 13.2 Å². The molecule has 1 aliphatic heterocycles. The highest BCUT2D eigenvalue weighted by molar-refractivity contribution is 7.99. The number of rotatable bonds is 4. The lowest BCUT2D eigenvalue weighted by Crippen LogP contribution is -2.23. The summed E-state index contributed by atoms with van der Waals surface area (Å²) in [5.41, 5.74) is -0.688. The molecule has 3 rings (SSSR count). The Morgan fingerprint density at radius 1 is 1.04 bits per heavy atom. The second kappa shape index (κ2) is 8.31. The van der Waals surface area contributed by atoms with Gasteiger partial charge in [0, 0.05) is 28.6 Å². The van der Waals surface area contributed by atoms with Crippen LogP contribution in [-0.2, 0) is 4.74 Å². The standard InChI is InChI=1S/C19H17F4NO2S/c20-15-9-14(12-5-7-26-8-6-12)10-17(11-15)27-16-3-1-13(2-4-16)18(24-25)19(21,22)23/h1-4,9-12,25H,5-8H2/b24-18-. The second-order valence-electron chi connectivity index (χ2n) is 6.18. The first kappa shape index (κ1) is 19.7. The zero-order valence-corrected chi connectivity index (χ0v) is 15.0. The maximum atomic E-state index is 14.0. The minimum atomic E-state index is -4.75. The molecule has 0 amide bonds. The van der Waals surface area contributed by atoms with E-state index in [-0.39, 0.29) is 17.3 Å². The van der Waals surface area contributed by atoms with Gasteiger partial charge in [-0.15, -0.1) is 0 Å². The first-order valence-electron chi connectivity index (χ1n) is 8.32. The number of halogens is 4. The summed E-state index contributed by atoms with van der Waals surface area (Å²) < 4.78 is 57.7. The van der Waals surface area contributed by atoms with Crippen LogP contribution in [0.15, 0.2) is 57.4 Å². The van der Waals surface area contributed by atoms with Crippen LogP contribution in [0.1, 0.15) is 29.9 Å². The van der Waals surface area contributed by atoms with Crippen molar-refractivity contribution in [3.05, 3.63) is 59.4 Å². The van der Waals surface area contributed by atoms with E-state index in [2.05, 4.69) is 5.16 Å². The van der Waals surface area contributed by atoms with Crippen molar-refractivity contribution < 1.29 is 27.5 Å². The molecular formula is C19H17F4NO2S. The van der Waals surface area contributed by atoms with E-state index in [0.29, 0.717) is 23.0 Å². The Bertz CT molecular complexity index is 815. The monoisotopic (exact) mass is 399 g/mol. The largest absolute Gasteiger partial charge is 0.437 e. The van der Waals surface area contributed by atoms with Gasteiger partial charge in [0.1, 0.15) is 5.82 Å². The SMILES string of the molecule is O/N=C(/c1ccc(Sc2cc(F)cc(C3CCOCC3)c2)cc1)C(F)(F)F. The molecule has 1 heterocycles. The van der Waals surface area contributed by atoms with Gasteiger partial charge < -0.3 is 9.94 Å². The van der Waals surface area contributed by atoms with Crippen LogP contribution in [-0.4, -0.2) is 30.3 Å². The first-order chi connectivity index (χ1) is 12.9. The third kappa shape index (κ3) is 5.01. The van der Waals surface area contributed by atoms with E-state index in [1.165, 1.54) is 48.2 Å². The number of ether oxygens (including phenoxy) is 1. The summed E-state index contributed by atoms with van der Waals surface area (Å²) in [5.74, 6) is -0.101. The van der Waals surface area contributed by atoms with Crippen molar-refractivity contribution in [1.82, 2.24) is 0 Å². The fraction of sp³-hybridized carbons (Fsp3) is 0.316. The highest BCUT2D eigenvalue weighted by Crippen LogP contribution is 2.34. The van der Waals surface area contributed by atoms with Crippen LogP contribution in [0.2, 0.25) is 0 Å². The molecule has 8 heteroatoms. The lowest BCUT2D eigenvalue weighted by Gasteiger charge is -2.22. The Kier molecular flexibility index (Phi) is 6.06. The predicted molar refractivity (Wildman–Crippen MR) is 94.1 cm³/mol. The van der Waals surface area contributed by atoms with Gasteiger partial charge in [0.2, 0.25) is 0 Å². The van der Waals surface area contributed by atoms with Crippen LogP contribution in [0.4, 0.5) is 17.6 Å². The fourth-order valence-corrected chi connectivity index (χ4v) is 3.92. The minimum absolute atomic E-state index is 0.239. The van der Waals surface area contributed by atoms with Crippen molar-refractivity contribution in [3.63, 3.8) is 0 Å². The number of alkyl halides is 3. The molecule has 0 radical (unpaired) electrons. The summed E-state index contributed by atoms with van der Waals surface area (Å²) in [6.45, 7) is 1.30. The van der Waals surface area contributed by atoms with Crippen LogP contribution >= 0.6 is 11.8 Å². The fourth-order valence-electron chi connectivity index (χ4n) is 3.00. The van der Waals surface area contributed by atoms with Crippen LogP contribution in [0.25, 0.3) is 0 Å². The summed E-state index contributed by atoms with van der Waals surface area (Å²) in [6, 6.07) is 10.3. The third-order valence-electron chi connectivity index (χ3n) is 4.32. The van der Waals surface area contributed by atoms with E-state index in [0.717, 1.165) is 18.4 Å². The van der Waals surface area contributed by atoms with E-state index in [1.807, 2.05) is 6.07 Å². The van der Waals surface area contributed by atoms with Gasteiger partial charge in [-0.2, -0.15) is 13.2 Å². The number of oxime groups is 1. The maximum absolute atomic E-state index is 14.0. The molecule has 0 saturated carbocycles. The van der Waals surface area contributed by atoms with Gasteiger partial charge in [0.05, 0.1) is 0 Å². The Hall–Kier alpha value is -2.06. The van der Waals surface area contributed by atoms with Crippen LogP contribution < -0.4 is 0 Å². The smallest absolute Gasteiger partial charge is 0.410 e. The van der Waals surface area contributed by atoms with Gasteiger partial charge in [0.25, 0.3) is 0 Å². The van der Waals surface area contributed by atoms with E-state index >= 15 is 0 Å². The number of hydrogen-bond acceptors (Lipinski definition) is 4. The second-order valence-corrected chi connectivity index (χ2v) is 7.33. The van der Waals surface area contributed by atoms with Crippen LogP contribution in [0.3, 0.4) is 0 Å². The van der Waals surface area contributed by atoms with E-state index in [1.54, 1.807) is 0 Å². The third-order valence-corrected chi connectivity index (χ3v) is 5.30. The lowest BCUT2D eigenvalue weighted by molar-refractivity contribution is -0.0601. The normalized spacial score (nSPS) is 16.5. The van der Waals surface area contributed by atoms with Crippen molar-refractivity contribution in [2.45, 2.75) is 34.7 Å². The Morgan fingerprint density at radius 3 is 2.30 bits per heavy atom. The van der Waals surface area contributed by atoms with Gasteiger partial charge >= 0.3 is 6.18 Å². The van der Waals surface area contributed by atoms with E-state index < -0.39 is 11.9 Å². The molecule has 2 aromatic rings. The molecule has 1 saturated heterocycles. The molecule has 0 bridgehead atoms. The zero-order valence-electron chi connectivity index (χ0n) is 14.2. The summed E-state index contributed by atoms with van der Waals surface area (Å²) in [5, 5.41) is 11.0. The molecule has 1 N–H and O–H groups in total. The molecule has 0 atom stereocenters. The van der Waals surface area contributed by atoms with Crippen molar-refractivity contribution in [1.29, 1.82) is 0 Å². The average molecular weight is 399 g/mol. The summed E-state index contributed by atoms with van der Waals surface area (Å²) in [6.07, 6.45) is -3.07. The molecule has 3 nitrogen and oxygen atoms in total. The Labute approximate surface area is 158 Å². The van der Waals surface area contributed by atoms with E-state index in [9.17, 15) is 17.6 Å². The number of hydrogen-bond donors (Lipinski definition) is 1. The highest BCUT2D eigenvalue weighted by Gasteiger charge is 2.37. The summed E-state index contributed by atoms with van der Waals surface area (Å²) >= 11 is 1.26. The van der Waals surface area contributed by atoms with Crippen LogP contribution in [0, 0.1) is 5.82 Å². The van der Waals surface area contributed by atoms with Crippen molar-refractivity contribution >= 4 is 17.5 Å². The average Bonchev–Trinajstić information content (AvgIpc) is 2.63. The van der Waals surface area contributed by atoms with Gasteiger partial charge in [-0.25, -0.2) is 4.39 Å². The van der Waals surface area contributed by atoms with Gasteiger partial charge in [-0.1, -0.05) is 29.1 Å². The number of benzene rings is 2. The lowest BCUT2D eigenvalue weighted by atomic mass is 9.92. The number of nitrogens with zero attached hydrogens (tertiary/aromatic N) is 1. The topological polar surface area (TPSA) is 41.8 Å². The van der Waals surface area contributed by atoms with E-state index in [4.69, 9.17) is 9.94 Å². The molecular weight excluding hydrogens is 382 g/mol. The molecule has 144 valence electrons. The van der Waals surface area contributed by atoms with Crippen LogP contribution in [0.5, 0.6) is 0 Å². The quantitative estimate of drug-likeness (QED) is 0.314. The molecule has 0 aromatic heterocycles. The molecule has 0 spiro atoms. The molecule has 1 aliphatic rings. The van der Waals surface area contributed by atoms with Gasteiger partial charge in [-0.3, -0.25) is 0 Å². The van der Waals surface area contributed by atoms with Crippen molar-refractivity contribution in [3.8, 4) is 0 Å². The zero-order chi connectivity index (χ0) is 19.4. The summed E-state index contributed by atoms with van der Waals surface area (Å²) in [4.78, 5) is 1.33. The summed E-state index contributed by atoms with van der Waals surface area (Å²) in [7, 11) is 0. The first-order valence-corrected chi connectivity index (χ1v) is 9.14. The van der Waals surface area contributed by atoms with Crippen molar-refractivity contribution in [2.24, 2.45) is 5.16 Å². The van der Waals surface area contributed by atoms with Gasteiger partial charge in [-0.05, 0) is 54.7 Å².